The second kappa shape index (κ2) is 4.83. The molecule has 2 fully saturated rings. The number of piperazine rings is 1. The first-order valence-corrected chi connectivity index (χ1v) is 7.31. The monoisotopic (exact) mass is 264 g/mol. The normalized spacial score (nSPS) is 32.7. The van der Waals surface area contributed by atoms with Crippen molar-refractivity contribution in [2.45, 2.75) is 51.2 Å². The molecular formula is C13H24N6. The molecule has 6 nitrogen and oxygen atoms in total. The van der Waals surface area contributed by atoms with Crippen LogP contribution in [-0.2, 0) is 13.6 Å². The Kier molecular flexibility index (Phi) is 3.30. The smallest absolute Gasteiger partial charge is 0.188 e. The Hall–Kier alpha value is -1.01. The lowest BCUT2D eigenvalue weighted by Crippen LogP contribution is -2.62. The van der Waals surface area contributed by atoms with Gasteiger partial charge in [0.05, 0.1) is 13.6 Å². The SMILES string of the molecule is CCC1(C)CN(Cc2nnn(C)n2)C(C2CC2)CN1. The molecule has 0 bridgehead atoms. The molecule has 2 unspecified atom stereocenters. The summed E-state index contributed by atoms with van der Waals surface area (Å²) >= 11 is 0. The van der Waals surface area contributed by atoms with E-state index >= 15 is 0 Å². The molecule has 2 heterocycles. The molecule has 106 valence electrons. The molecule has 2 aliphatic rings. The largest absolute Gasteiger partial charge is 0.309 e. The number of aromatic nitrogens is 4. The Balaban J connectivity index is 1.73. The molecule has 19 heavy (non-hydrogen) atoms. The fourth-order valence-corrected chi connectivity index (χ4v) is 3.03. The van der Waals surface area contributed by atoms with E-state index in [2.05, 4.69) is 39.5 Å². The number of hydrogen-bond donors (Lipinski definition) is 1. The Morgan fingerprint density at radius 1 is 1.42 bits per heavy atom. The first-order valence-electron chi connectivity index (χ1n) is 7.31. The van der Waals surface area contributed by atoms with E-state index in [0.29, 0.717) is 6.04 Å². The van der Waals surface area contributed by atoms with Crippen molar-refractivity contribution in [1.82, 2.24) is 30.4 Å². The molecule has 1 aliphatic carbocycles. The maximum Gasteiger partial charge on any atom is 0.188 e. The van der Waals surface area contributed by atoms with E-state index in [1.807, 2.05) is 7.05 Å². The van der Waals surface area contributed by atoms with Crippen LogP contribution in [0.1, 0.15) is 38.9 Å². The van der Waals surface area contributed by atoms with Gasteiger partial charge in [-0.15, -0.1) is 10.2 Å². The highest BCUT2D eigenvalue weighted by Crippen LogP contribution is 2.37. The topological polar surface area (TPSA) is 58.9 Å². The van der Waals surface area contributed by atoms with Crippen LogP contribution >= 0.6 is 0 Å². The lowest BCUT2D eigenvalue weighted by Gasteiger charge is -2.46. The summed E-state index contributed by atoms with van der Waals surface area (Å²) in [6.45, 7) is 7.56. The fourth-order valence-electron chi connectivity index (χ4n) is 3.03. The zero-order chi connectivity index (χ0) is 13.5. The van der Waals surface area contributed by atoms with E-state index in [1.165, 1.54) is 12.8 Å². The molecule has 0 radical (unpaired) electrons. The predicted octanol–water partition coefficient (Wildman–Crippen LogP) is 0.563. The van der Waals surface area contributed by atoms with Gasteiger partial charge in [0.1, 0.15) is 0 Å². The number of tetrazole rings is 1. The zero-order valence-corrected chi connectivity index (χ0v) is 12.1. The summed E-state index contributed by atoms with van der Waals surface area (Å²) in [5.74, 6) is 1.71. The average Bonchev–Trinajstić information content (AvgIpc) is 3.14. The first kappa shape index (κ1) is 13.0. The van der Waals surface area contributed by atoms with Gasteiger partial charge in [-0.3, -0.25) is 4.90 Å². The van der Waals surface area contributed by atoms with Crippen molar-refractivity contribution in [2.24, 2.45) is 13.0 Å². The van der Waals surface area contributed by atoms with Gasteiger partial charge in [0.15, 0.2) is 5.82 Å². The Bertz CT molecular complexity index is 440. The standard InChI is InChI=1S/C13H24N6/c1-4-13(2)9-19(8-12-15-17-18(3)16-12)11(7-14-13)10-5-6-10/h10-11,14H,4-9H2,1-3H3. The molecule has 3 rings (SSSR count). The fraction of sp³-hybridized carbons (Fsp3) is 0.923. The zero-order valence-electron chi connectivity index (χ0n) is 12.1. The van der Waals surface area contributed by atoms with Crippen molar-refractivity contribution in [3.05, 3.63) is 5.82 Å². The number of aryl methyl sites for hydroxylation is 1. The van der Waals surface area contributed by atoms with Gasteiger partial charge in [-0.1, -0.05) is 6.92 Å². The van der Waals surface area contributed by atoms with Crippen LogP contribution in [0.25, 0.3) is 0 Å². The lowest BCUT2D eigenvalue weighted by atomic mass is 9.92. The van der Waals surface area contributed by atoms with Crippen molar-refractivity contribution < 1.29 is 0 Å². The lowest BCUT2D eigenvalue weighted by molar-refractivity contribution is 0.0639. The van der Waals surface area contributed by atoms with Crippen LogP contribution in [0, 0.1) is 5.92 Å². The van der Waals surface area contributed by atoms with Crippen LogP contribution in [0.15, 0.2) is 0 Å². The average molecular weight is 264 g/mol. The van der Waals surface area contributed by atoms with E-state index in [0.717, 1.165) is 37.8 Å². The highest BCUT2D eigenvalue weighted by atomic mass is 15.6. The van der Waals surface area contributed by atoms with Crippen LogP contribution < -0.4 is 5.32 Å². The molecule has 1 N–H and O–H groups in total. The van der Waals surface area contributed by atoms with Crippen LogP contribution in [0.5, 0.6) is 0 Å². The molecule has 1 saturated heterocycles. The van der Waals surface area contributed by atoms with Crippen LogP contribution in [0.3, 0.4) is 0 Å². The summed E-state index contributed by atoms with van der Waals surface area (Å²) in [5.41, 5.74) is 0.216. The third-order valence-corrected chi connectivity index (χ3v) is 4.60. The number of nitrogens with zero attached hydrogens (tertiary/aromatic N) is 5. The molecule has 6 heteroatoms. The predicted molar refractivity (Wildman–Crippen MR) is 72.4 cm³/mol. The quantitative estimate of drug-likeness (QED) is 0.861. The van der Waals surface area contributed by atoms with E-state index in [-0.39, 0.29) is 5.54 Å². The van der Waals surface area contributed by atoms with Gasteiger partial charge in [0, 0.05) is 24.7 Å². The van der Waals surface area contributed by atoms with E-state index in [4.69, 9.17) is 0 Å². The Morgan fingerprint density at radius 3 is 2.79 bits per heavy atom. The molecule has 1 aromatic rings. The van der Waals surface area contributed by atoms with Gasteiger partial charge in [0.25, 0.3) is 0 Å². The number of rotatable bonds is 4. The third kappa shape index (κ3) is 2.79. The van der Waals surface area contributed by atoms with Crippen LogP contribution in [0.2, 0.25) is 0 Å². The van der Waals surface area contributed by atoms with Crippen molar-refractivity contribution in [3.8, 4) is 0 Å². The van der Waals surface area contributed by atoms with E-state index < -0.39 is 0 Å². The molecule has 0 spiro atoms. The maximum absolute atomic E-state index is 4.32. The van der Waals surface area contributed by atoms with Gasteiger partial charge < -0.3 is 5.32 Å². The summed E-state index contributed by atoms with van der Waals surface area (Å²) in [5, 5.41) is 16.1. The molecule has 0 aromatic carbocycles. The second-order valence-electron chi connectivity index (χ2n) is 6.30. The van der Waals surface area contributed by atoms with Crippen LogP contribution in [-0.4, -0.2) is 49.8 Å². The minimum atomic E-state index is 0.216. The maximum atomic E-state index is 4.32. The highest BCUT2D eigenvalue weighted by molar-refractivity contribution is 5.00. The molecule has 0 amide bonds. The minimum absolute atomic E-state index is 0.216. The van der Waals surface area contributed by atoms with Gasteiger partial charge in [-0.2, -0.15) is 4.80 Å². The van der Waals surface area contributed by atoms with Gasteiger partial charge in [-0.25, -0.2) is 0 Å². The number of hydrogen-bond acceptors (Lipinski definition) is 5. The second-order valence-corrected chi connectivity index (χ2v) is 6.30. The molecule has 1 saturated carbocycles. The molecule has 1 aliphatic heterocycles. The van der Waals surface area contributed by atoms with E-state index in [1.54, 1.807) is 4.80 Å². The molecule has 1 aromatic heterocycles. The van der Waals surface area contributed by atoms with Gasteiger partial charge >= 0.3 is 0 Å². The Labute approximate surface area is 114 Å². The van der Waals surface area contributed by atoms with E-state index in [9.17, 15) is 0 Å². The minimum Gasteiger partial charge on any atom is -0.309 e. The number of nitrogens with one attached hydrogen (secondary N) is 1. The summed E-state index contributed by atoms with van der Waals surface area (Å²) in [6, 6.07) is 0.642. The Morgan fingerprint density at radius 2 is 2.21 bits per heavy atom. The summed E-state index contributed by atoms with van der Waals surface area (Å²) in [7, 11) is 1.82. The van der Waals surface area contributed by atoms with Crippen molar-refractivity contribution in [1.29, 1.82) is 0 Å². The molecular weight excluding hydrogens is 240 g/mol. The summed E-state index contributed by atoms with van der Waals surface area (Å²) in [6.07, 6.45) is 3.90. The van der Waals surface area contributed by atoms with Gasteiger partial charge in [-0.05, 0) is 37.3 Å². The van der Waals surface area contributed by atoms with Gasteiger partial charge in [0.2, 0.25) is 0 Å². The van der Waals surface area contributed by atoms with Crippen LogP contribution in [0.4, 0.5) is 0 Å². The third-order valence-electron chi connectivity index (χ3n) is 4.60. The summed E-state index contributed by atoms with van der Waals surface area (Å²) in [4.78, 5) is 4.11. The molecule has 2 atom stereocenters. The van der Waals surface area contributed by atoms with Crippen molar-refractivity contribution in [3.63, 3.8) is 0 Å². The first-order chi connectivity index (χ1) is 9.09. The highest BCUT2D eigenvalue weighted by Gasteiger charge is 2.42. The van der Waals surface area contributed by atoms with Crippen molar-refractivity contribution >= 4 is 0 Å². The summed E-state index contributed by atoms with van der Waals surface area (Å²) < 4.78 is 0. The van der Waals surface area contributed by atoms with Crippen molar-refractivity contribution in [2.75, 3.05) is 13.1 Å².